The summed E-state index contributed by atoms with van der Waals surface area (Å²) in [4.78, 5) is 32.4. The molecule has 1 atom stereocenters. The van der Waals surface area contributed by atoms with Gasteiger partial charge in [0.15, 0.2) is 0 Å². The molecule has 0 radical (unpaired) electrons. The van der Waals surface area contributed by atoms with Gasteiger partial charge in [0.2, 0.25) is 5.78 Å². The number of pyridine rings is 1. The Bertz CT molecular complexity index is 972. The van der Waals surface area contributed by atoms with Crippen molar-refractivity contribution in [2.45, 2.75) is 6.04 Å². The molecular formula is C22H25N3O5. The van der Waals surface area contributed by atoms with Gasteiger partial charge in [0, 0.05) is 23.5 Å². The molecular weight excluding hydrogens is 386 g/mol. The Kier molecular flexibility index (Phi) is 6.37. The van der Waals surface area contributed by atoms with Crippen molar-refractivity contribution >= 4 is 17.4 Å². The zero-order chi connectivity index (χ0) is 21.8. The maximum atomic E-state index is 13.3. The number of nitrogens with one attached hydrogen (secondary N) is 1. The number of amides is 1. The molecule has 8 heteroatoms. The van der Waals surface area contributed by atoms with Crippen LogP contribution in [0.1, 0.15) is 17.2 Å². The lowest BCUT2D eigenvalue weighted by atomic mass is 9.94. The van der Waals surface area contributed by atoms with Crippen molar-refractivity contribution < 1.29 is 29.1 Å². The number of nitrogens with zero attached hydrogens (tertiary/aromatic N) is 2. The molecule has 158 valence electrons. The van der Waals surface area contributed by atoms with Crippen LogP contribution in [0.25, 0.3) is 5.76 Å². The van der Waals surface area contributed by atoms with Crippen molar-refractivity contribution in [2.75, 3.05) is 41.4 Å². The molecule has 2 aromatic rings. The number of methoxy groups -OCH3 is 2. The molecule has 3 rings (SSSR count). The Morgan fingerprint density at radius 3 is 2.43 bits per heavy atom. The fraction of sp³-hybridized carbons (Fsp3) is 0.318. The normalized spacial score (nSPS) is 18.2. The van der Waals surface area contributed by atoms with Gasteiger partial charge in [0.1, 0.15) is 11.5 Å². The molecule has 1 saturated heterocycles. The molecule has 1 aliphatic heterocycles. The smallest absolute Gasteiger partial charge is 0.295 e. The number of hydrogen-bond donors (Lipinski definition) is 1. The average Bonchev–Trinajstić information content (AvgIpc) is 3.01. The number of benzene rings is 1. The maximum absolute atomic E-state index is 13.3. The highest BCUT2D eigenvalue weighted by Gasteiger charge is 2.45. The number of hydrogen-bond acceptors (Lipinski definition) is 6. The molecule has 0 aliphatic carbocycles. The summed E-state index contributed by atoms with van der Waals surface area (Å²) in [6, 6.07) is 7.31. The molecule has 30 heavy (non-hydrogen) atoms. The highest BCUT2D eigenvalue weighted by atomic mass is 16.5. The second-order valence-corrected chi connectivity index (χ2v) is 7.27. The van der Waals surface area contributed by atoms with E-state index in [-0.39, 0.29) is 5.57 Å². The highest BCUT2D eigenvalue weighted by molar-refractivity contribution is 6.46. The van der Waals surface area contributed by atoms with E-state index in [1.54, 1.807) is 18.2 Å². The summed E-state index contributed by atoms with van der Waals surface area (Å²) in [6.07, 6.45) is 2.95. The summed E-state index contributed by atoms with van der Waals surface area (Å²) in [5, 5.41) is 13.3. The van der Waals surface area contributed by atoms with Crippen LogP contribution in [0.5, 0.6) is 11.5 Å². The van der Waals surface area contributed by atoms with Crippen LogP contribution in [-0.4, -0.2) is 63.0 Å². The van der Waals surface area contributed by atoms with E-state index in [1.165, 1.54) is 43.6 Å². The topological polar surface area (TPSA) is 96.2 Å². The molecule has 1 N–H and O–H groups in total. The molecule has 1 aliphatic rings. The van der Waals surface area contributed by atoms with Crippen molar-refractivity contribution in [2.24, 2.45) is 0 Å². The van der Waals surface area contributed by atoms with Gasteiger partial charge in [-0.2, -0.15) is 0 Å². The van der Waals surface area contributed by atoms with Crippen LogP contribution in [0.3, 0.4) is 0 Å². The van der Waals surface area contributed by atoms with Crippen LogP contribution >= 0.6 is 0 Å². The molecule has 8 nitrogen and oxygen atoms in total. The van der Waals surface area contributed by atoms with Crippen LogP contribution in [0.2, 0.25) is 0 Å². The summed E-state index contributed by atoms with van der Waals surface area (Å²) in [6.45, 7) is 0.920. The number of carbonyl (C=O) groups excluding carboxylic acids is 2. The summed E-state index contributed by atoms with van der Waals surface area (Å²) in [7, 11) is 6.94. The number of rotatable bonds is 7. The lowest BCUT2D eigenvalue weighted by molar-refractivity contribution is -0.857. The quantitative estimate of drug-likeness (QED) is 0.374. The third-order valence-electron chi connectivity index (χ3n) is 5.06. The summed E-state index contributed by atoms with van der Waals surface area (Å²) >= 11 is 0. The first-order chi connectivity index (χ1) is 14.4. The van der Waals surface area contributed by atoms with Crippen molar-refractivity contribution in [1.29, 1.82) is 0 Å². The number of ether oxygens (including phenoxy) is 2. The first kappa shape index (κ1) is 21.3. The largest absolute Gasteiger partial charge is 0.872 e. The number of quaternary nitrogens is 1. The molecule has 1 aromatic carbocycles. The van der Waals surface area contributed by atoms with Gasteiger partial charge in [-0.1, -0.05) is 5.76 Å². The van der Waals surface area contributed by atoms with E-state index in [1.807, 2.05) is 14.1 Å². The number of carbonyl (C=O) groups is 2. The molecule has 0 bridgehead atoms. The second kappa shape index (κ2) is 8.96. The zero-order valence-corrected chi connectivity index (χ0v) is 17.5. The highest BCUT2D eigenvalue weighted by Crippen LogP contribution is 2.43. The van der Waals surface area contributed by atoms with Gasteiger partial charge in [0.05, 0.1) is 47.4 Å². The van der Waals surface area contributed by atoms with E-state index in [4.69, 9.17) is 9.47 Å². The third-order valence-corrected chi connectivity index (χ3v) is 5.06. The standard InChI is InChI=1S/C22H25N3O5/c1-24(2)11-12-25-19(16-13-15(29-3)5-6-17(16)30-4)18(21(27)22(25)28)20(26)14-7-9-23-10-8-14/h5-10,13,19,26H,11-12H2,1-4H3. The minimum atomic E-state index is -0.866. The van der Waals surface area contributed by atoms with Crippen molar-refractivity contribution in [1.82, 2.24) is 9.88 Å². The van der Waals surface area contributed by atoms with E-state index >= 15 is 0 Å². The van der Waals surface area contributed by atoms with Crippen molar-refractivity contribution in [3.63, 3.8) is 0 Å². The van der Waals surface area contributed by atoms with Crippen molar-refractivity contribution in [3.05, 3.63) is 59.4 Å². The first-order valence-corrected chi connectivity index (χ1v) is 9.56. The molecule has 2 heterocycles. The van der Waals surface area contributed by atoms with Gasteiger partial charge in [-0.3, -0.25) is 14.6 Å². The second-order valence-electron chi connectivity index (χ2n) is 7.27. The lowest BCUT2D eigenvalue weighted by Crippen LogP contribution is -3.06. The van der Waals surface area contributed by atoms with E-state index < -0.39 is 23.5 Å². The van der Waals surface area contributed by atoms with Gasteiger partial charge < -0.3 is 24.4 Å². The monoisotopic (exact) mass is 411 g/mol. The van der Waals surface area contributed by atoms with E-state index in [2.05, 4.69) is 4.98 Å². The van der Waals surface area contributed by atoms with E-state index in [0.717, 1.165) is 4.90 Å². The Balaban J connectivity index is 2.23. The minimum Gasteiger partial charge on any atom is -0.872 e. The Morgan fingerprint density at radius 2 is 1.83 bits per heavy atom. The van der Waals surface area contributed by atoms with Gasteiger partial charge in [0.25, 0.3) is 5.91 Å². The molecule has 1 fully saturated rings. The molecule has 1 unspecified atom stereocenters. The molecule has 0 spiro atoms. The van der Waals surface area contributed by atoms with Crippen LogP contribution in [0.15, 0.2) is 48.3 Å². The van der Waals surface area contributed by atoms with Gasteiger partial charge in [-0.25, -0.2) is 0 Å². The predicted molar refractivity (Wildman–Crippen MR) is 108 cm³/mol. The fourth-order valence-corrected chi connectivity index (χ4v) is 3.48. The number of aromatic nitrogens is 1. The Labute approximate surface area is 175 Å². The predicted octanol–water partition coefficient (Wildman–Crippen LogP) is -0.533. The number of likely N-dealkylation sites (tertiary alicyclic amines) is 1. The van der Waals surface area contributed by atoms with Gasteiger partial charge >= 0.3 is 0 Å². The Hall–Kier alpha value is -3.39. The zero-order valence-electron chi connectivity index (χ0n) is 17.5. The minimum absolute atomic E-state index is 0.0912. The van der Waals surface area contributed by atoms with Crippen LogP contribution in [0, 0.1) is 0 Å². The molecule has 0 saturated carbocycles. The summed E-state index contributed by atoms with van der Waals surface area (Å²) in [5.41, 5.74) is 0.738. The number of Topliss-reactive ketones (excluding diaryl/α,β-unsaturated/α-hetero) is 1. The fourth-order valence-electron chi connectivity index (χ4n) is 3.48. The van der Waals surface area contributed by atoms with Crippen LogP contribution in [-0.2, 0) is 9.59 Å². The van der Waals surface area contributed by atoms with E-state index in [0.29, 0.717) is 35.7 Å². The third kappa shape index (κ3) is 3.99. The van der Waals surface area contributed by atoms with E-state index in [9.17, 15) is 14.7 Å². The van der Waals surface area contributed by atoms with Gasteiger partial charge in [-0.05, 0) is 35.9 Å². The Morgan fingerprint density at radius 1 is 1.13 bits per heavy atom. The molecule has 1 aromatic heterocycles. The number of likely N-dealkylation sites (N-methyl/N-ethyl adjacent to an activating group) is 1. The van der Waals surface area contributed by atoms with Crippen LogP contribution < -0.4 is 19.5 Å². The average molecular weight is 411 g/mol. The first-order valence-electron chi connectivity index (χ1n) is 9.56. The lowest BCUT2D eigenvalue weighted by Gasteiger charge is -2.29. The van der Waals surface area contributed by atoms with Crippen molar-refractivity contribution in [3.8, 4) is 11.5 Å². The SMILES string of the molecule is COc1ccc(OC)c(C2C(=C([O-])c3ccncc3)C(=O)C(=O)N2CC[NH+](C)C)c1. The number of ketones is 1. The summed E-state index contributed by atoms with van der Waals surface area (Å²) < 4.78 is 10.8. The summed E-state index contributed by atoms with van der Waals surface area (Å²) in [5.74, 6) is -0.980. The van der Waals surface area contributed by atoms with Gasteiger partial charge in [-0.15, -0.1) is 0 Å². The molecule has 1 amide bonds. The van der Waals surface area contributed by atoms with Crippen LogP contribution in [0.4, 0.5) is 0 Å². The maximum Gasteiger partial charge on any atom is 0.295 e.